The second-order valence-electron chi connectivity index (χ2n) is 5.34. The molecule has 1 heterocycles. The largest absolute Gasteiger partial charge is 0.427 e. The molecule has 0 bridgehead atoms. The molecule has 1 aliphatic heterocycles. The molecule has 2 aromatic carbocycles. The van der Waals surface area contributed by atoms with E-state index in [1.807, 2.05) is 0 Å². The molecule has 0 aromatic heterocycles. The number of hydroxylamine groups is 1. The molecule has 0 spiro atoms. The van der Waals surface area contributed by atoms with Gasteiger partial charge in [0.15, 0.2) is 5.84 Å². The maximum atomic E-state index is 13.7. The van der Waals surface area contributed by atoms with E-state index in [1.54, 1.807) is 0 Å². The van der Waals surface area contributed by atoms with Crippen LogP contribution in [0.5, 0.6) is 0 Å². The van der Waals surface area contributed by atoms with E-state index in [0.717, 1.165) is 12.1 Å². The third kappa shape index (κ3) is 2.46. The average Bonchev–Trinajstić information content (AvgIpc) is 2.54. The van der Waals surface area contributed by atoms with Crippen molar-refractivity contribution >= 4 is 11.5 Å². The van der Waals surface area contributed by atoms with Gasteiger partial charge in [0, 0.05) is 11.1 Å². The van der Waals surface area contributed by atoms with E-state index in [9.17, 15) is 31.5 Å². The van der Waals surface area contributed by atoms with Crippen LogP contribution >= 0.6 is 0 Å². The average molecular weight is 360 g/mol. The van der Waals surface area contributed by atoms with Crippen molar-refractivity contribution in [1.82, 2.24) is 0 Å². The number of alkyl halides is 6. The molecule has 0 atom stereocenters. The van der Waals surface area contributed by atoms with Crippen LogP contribution in [0.25, 0.3) is 0 Å². The fraction of sp³-hybridized carbons (Fsp3) is 0.188. The lowest BCUT2D eigenvalue weighted by molar-refractivity contribution is -0.301. The second kappa shape index (κ2) is 5.48. The molecule has 0 aliphatic carbocycles. The van der Waals surface area contributed by atoms with Crippen LogP contribution in [-0.2, 0) is 5.54 Å². The Morgan fingerprint density at radius 1 is 0.800 bits per heavy atom. The van der Waals surface area contributed by atoms with Crippen LogP contribution in [0.4, 0.5) is 32.0 Å². The zero-order valence-electron chi connectivity index (χ0n) is 12.3. The summed E-state index contributed by atoms with van der Waals surface area (Å²) in [5, 5.41) is 10.4. The topological polar surface area (TPSA) is 35.8 Å². The Bertz CT molecular complexity index is 799. The number of rotatable bonds is 1. The van der Waals surface area contributed by atoms with Gasteiger partial charge in [-0.25, -0.2) is 10.1 Å². The maximum Gasteiger partial charge on any atom is 0.427 e. The molecule has 25 heavy (non-hydrogen) atoms. The first-order chi connectivity index (χ1) is 11.6. The molecular formula is C16H10F6N2O. The highest BCUT2D eigenvalue weighted by Gasteiger charge is 2.74. The van der Waals surface area contributed by atoms with E-state index in [0.29, 0.717) is 6.07 Å². The smallest absolute Gasteiger partial charge is 0.282 e. The Hall–Kier alpha value is -2.55. The van der Waals surface area contributed by atoms with Crippen molar-refractivity contribution in [1.29, 1.82) is 0 Å². The maximum absolute atomic E-state index is 13.7. The van der Waals surface area contributed by atoms with Gasteiger partial charge in [-0.15, -0.1) is 0 Å². The molecule has 0 amide bonds. The van der Waals surface area contributed by atoms with Crippen LogP contribution in [0, 0.1) is 0 Å². The van der Waals surface area contributed by atoms with Gasteiger partial charge in [0.2, 0.25) is 0 Å². The van der Waals surface area contributed by atoms with Gasteiger partial charge < -0.3 is 0 Å². The van der Waals surface area contributed by atoms with Gasteiger partial charge in [0.05, 0.1) is 5.69 Å². The predicted molar refractivity (Wildman–Crippen MR) is 77.5 cm³/mol. The van der Waals surface area contributed by atoms with Gasteiger partial charge in [-0.2, -0.15) is 26.3 Å². The number of benzene rings is 2. The molecule has 132 valence electrons. The summed E-state index contributed by atoms with van der Waals surface area (Å²) in [5.74, 6) is -0.839. The van der Waals surface area contributed by atoms with Crippen LogP contribution < -0.4 is 5.06 Å². The number of nitrogens with zero attached hydrogens (tertiary/aromatic N) is 2. The standard InChI is InChI=1S/C16H10F6N2O/c17-15(18,19)14(16(20,21)22)11-8-4-5-9-12(11)24(25)13(23-14)10-6-2-1-3-7-10/h1-9,25H. The van der Waals surface area contributed by atoms with Crippen molar-refractivity contribution in [3.05, 3.63) is 65.7 Å². The third-order valence-corrected chi connectivity index (χ3v) is 3.85. The summed E-state index contributed by atoms with van der Waals surface area (Å²) in [6, 6.07) is 10.8. The Morgan fingerprint density at radius 3 is 1.88 bits per heavy atom. The lowest BCUT2D eigenvalue weighted by Gasteiger charge is -2.40. The van der Waals surface area contributed by atoms with Gasteiger partial charge in [0.1, 0.15) is 0 Å². The van der Waals surface area contributed by atoms with Crippen LogP contribution in [-0.4, -0.2) is 23.4 Å². The number of hydrogen-bond donors (Lipinski definition) is 1. The summed E-state index contributed by atoms with van der Waals surface area (Å²) in [6.45, 7) is 0. The molecule has 1 N–H and O–H groups in total. The number of hydrogen-bond acceptors (Lipinski definition) is 3. The fourth-order valence-electron chi connectivity index (χ4n) is 2.71. The summed E-state index contributed by atoms with van der Waals surface area (Å²) in [6.07, 6.45) is -11.5. The fourth-order valence-corrected chi connectivity index (χ4v) is 2.71. The molecule has 0 fully saturated rings. The van der Waals surface area contributed by atoms with Gasteiger partial charge >= 0.3 is 12.4 Å². The van der Waals surface area contributed by atoms with E-state index in [-0.39, 0.29) is 10.6 Å². The van der Waals surface area contributed by atoms with Crippen molar-refractivity contribution in [2.45, 2.75) is 17.9 Å². The molecule has 2 aromatic rings. The molecule has 0 unspecified atom stereocenters. The lowest BCUT2D eigenvalue weighted by Crippen LogP contribution is -2.56. The number of para-hydroxylation sites is 1. The number of fused-ring (bicyclic) bond motifs is 1. The van der Waals surface area contributed by atoms with Crippen molar-refractivity contribution in [3.8, 4) is 0 Å². The molecule has 3 nitrogen and oxygen atoms in total. The predicted octanol–water partition coefficient (Wildman–Crippen LogP) is 4.66. The summed E-state index contributed by atoms with van der Waals surface area (Å²) >= 11 is 0. The minimum absolute atomic E-state index is 0.0858. The number of amidine groups is 1. The van der Waals surface area contributed by atoms with Crippen LogP contribution in [0.1, 0.15) is 11.1 Å². The first-order valence-electron chi connectivity index (χ1n) is 6.97. The number of aliphatic imine (C=N–C) groups is 1. The van der Waals surface area contributed by atoms with E-state index in [4.69, 9.17) is 0 Å². The summed E-state index contributed by atoms with van der Waals surface area (Å²) < 4.78 is 82.0. The minimum atomic E-state index is -5.76. The molecule has 9 heteroatoms. The first kappa shape index (κ1) is 17.3. The van der Waals surface area contributed by atoms with E-state index >= 15 is 0 Å². The molecule has 0 saturated heterocycles. The monoisotopic (exact) mass is 360 g/mol. The quantitative estimate of drug-likeness (QED) is 0.751. The van der Waals surface area contributed by atoms with Gasteiger partial charge in [-0.3, -0.25) is 5.21 Å². The van der Waals surface area contributed by atoms with Gasteiger partial charge in [-0.05, 0) is 6.07 Å². The zero-order valence-corrected chi connectivity index (χ0v) is 12.3. The second-order valence-corrected chi connectivity index (χ2v) is 5.34. The Morgan fingerprint density at radius 2 is 1.32 bits per heavy atom. The lowest BCUT2D eigenvalue weighted by atomic mass is 9.85. The normalized spacial score (nSPS) is 17.1. The van der Waals surface area contributed by atoms with E-state index < -0.39 is 35.0 Å². The molecule has 3 rings (SSSR count). The van der Waals surface area contributed by atoms with Gasteiger partial charge in [-0.1, -0.05) is 48.5 Å². The summed E-state index contributed by atoms with van der Waals surface area (Å²) in [4.78, 5) is 2.99. The molecule has 0 saturated carbocycles. The third-order valence-electron chi connectivity index (χ3n) is 3.85. The van der Waals surface area contributed by atoms with Crippen LogP contribution in [0.15, 0.2) is 59.6 Å². The first-order valence-corrected chi connectivity index (χ1v) is 6.97. The van der Waals surface area contributed by atoms with E-state index in [1.165, 1.54) is 36.4 Å². The van der Waals surface area contributed by atoms with Crippen molar-refractivity contribution in [3.63, 3.8) is 0 Å². The summed E-state index contributed by atoms with van der Waals surface area (Å²) in [7, 11) is 0. The Labute approximate surface area is 137 Å². The SMILES string of the molecule is ON1C(c2ccccc2)=NC(C(F)(F)F)(C(F)(F)F)c2ccccc21. The van der Waals surface area contributed by atoms with E-state index in [2.05, 4.69) is 4.99 Å². The Balaban J connectivity index is 2.40. The highest BCUT2D eigenvalue weighted by atomic mass is 19.4. The highest BCUT2D eigenvalue weighted by Crippen LogP contribution is 2.57. The minimum Gasteiger partial charge on any atom is -0.282 e. The number of halogens is 6. The van der Waals surface area contributed by atoms with Gasteiger partial charge in [0.25, 0.3) is 5.54 Å². The number of anilines is 1. The Kier molecular flexibility index (Phi) is 3.79. The molecular weight excluding hydrogens is 350 g/mol. The summed E-state index contributed by atoms with van der Waals surface area (Å²) in [5.41, 5.74) is -6.37. The molecule has 0 radical (unpaired) electrons. The highest BCUT2D eigenvalue weighted by molar-refractivity contribution is 6.10. The van der Waals surface area contributed by atoms with Crippen molar-refractivity contribution in [2.24, 2.45) is 4.99 Å². The van der Waals surface area contributed by atoms with Crippen LogP contribution in [0.2, 0.25) is 0 Å². The van der Waals surface area contributed by atoms with Crippen LogP contribution in [0.3, 0.4) is 0 Å². The van der Waals surface area contributed by atoms with Crippen molar-refractivity contribution in [2.75, 3.05) is 5.06 Å². The zero-order chi connectivity index (χ0) is 18.5. The molecule has 1 aliphatic rings. The van der Waals surface area contributed by atoms with Crippen molar-refractivity contribution < 1.29 is 31.5 Å².